The molecule has 3 rings (SSSR count). The van der Waals surface area contributed by atoms with Crippen LogP contribution in [0.25, 0.3) is 0 Å². The van der Waals surface area contributed by atoms with Gasteiger partial charge in [-0.05, 0) is 39.7 Å². The van der Waals surface area contributed by atoms with Gasteiger partial charge in [-0.25, -0.2) is 4.79 Å². The third kappa shape index (κ3) is 7.70. The smallest absolute Gasteiger partial charge is 0.407 e. The lowest BCUT2D eigenvalue weighted by Gasteiger charge is -2.27. The average molecular weight is 487 g/mol. The third-order valence-corrected chi connectivity index (χ3v) is 6.41. The van der Waals surface area contributed by atoms with Crippen molar-refractivity contribution in [3.63, 3.8) is 0 Å². The second-order valence-electron chi connectivity index (χ2n) is 10.7. The van der Waals surface area contributed by atoms with E-state index in [0.717, 1.165) is 5.56 Å². The van der Waals surface area contributed by atoms with Gasteiger partial charge in [-0.3, -0.25) is 14.4 Å². The normalized spacial score (nSPS) is 21.2. The SMILES string of the molecule is CC(=O)NC(C)C(=O)N1CC2CN(C(=O)C[C@@H](Cc3ccccc3)NC(=O)OC(C)(C)C)CC2C1. The van der Waals surface area contributed by atoms with Crippen LogP contribution in [-0.4, -0.2) is 77.5 Å². The number of benzene rings is 1. The maximum atomic E-state index is 13.2. The summed E-state index contributed by atoms with van der Waals surface area (Å²) >= 11 is 0. The molecule has 3 unspecified atom stereocenters. The summed E-state index contributed by atoms with van der Waals surface area (Å²) in [5.41, 5.74) is 0.403. The number of carbonyl (C=O) groups excluding carboxylic acids is 4. The molecule has 2 aliphatic heterocycles. The van der Waals surface area contributed by atoms with Gasteiger partial charge in [0.15, 0.2) is 0 Å². The number of amides is 4. The van der Waals surface area contributed by atoms with Crippen molar-refractivity contribution in [3.8, 4) is 0 Å². The maximum absolute atomic E-state index is 13.2. The minimum absolute atomic E-state index is 0.0131. The Balaban J connectivity index is 1.57. The fourth-order valence-corrected chi connectivity index (χ4v) is 4.90. The van der Waals surface area contributed by atoms with Crippen molar-refractivity contribution in [2.75, 3.05) is 26.2 Å². The minimum Gasteiger partial charge on any atom is -0.444 e. The van der Waals surface area contributed by atoms with Crippen LogP contribution in [0.1, 0.15) is 46.6 Å². The summed E-state index contributed by atoms with van der Waals surface area (Å²) < 4.78 is 5.41. The van der Waals surface area contributed by atoms with E-state index in [9.17, 15) is 19.2 Å². The summed E-state index contributed by atoms with van der Waals surface area (Å²) in [4.78, 5) is 53.2. The highest BCUT2D eigenvalue weighted by molar-refractivity contribution is 5.86. The van der Waals surface area contributed by atoms with E-state index in [2.05, 4.69) is 10.6 Å². The zero-order valence-electron chi connectivity index (χ0n) is 21.4. The van der Waals surface area contributed by atoms with Gasteiger partial charge < -0.3 is 25.2 Å². The Kier molecular flexibility index (Phi) is 8.40. The van der Waals surface area contributed by atoms with Gasteiger partial charge in [-0.2, -0.15) is 0 Å². The molecule has 9 heteroatoms. The Bertz CT molecular complexity index is 915. The van der Waals surface area contributed by atoms with Gasteiger partial charge in [0.2, 0.25) is 17.7 Å². The van der Waals surface area contributed by atoms with E-state index in [4.69, 9.17) is 4.74 Å². The number of likely N-dealkylation sites (tertiary alicyclic amines) is 2. The van der Waals surface area contributed by atoms with Gasteiger partial charge in [0.05, 0.1) is 0 Å². The first-order chi connectivity index (χ1) is 16.4. The van der Waals surface area contributed by atoms with E-state index in [-0.39, 0.29) is 36.0 Å². The van der Waals surface area contributed by atoms with Crippen molar-refractivity contribution in [2.24, 2.45) is 11.8 Å². The van der Waals surface area contributed by atoms with E-state index in [1.807, 2.05) is 35.2 Å². The Hall–Kier alpha value is -3.10. The topological polar surface area (TPSA) is 108 Å². The molecule has 2 aliphatic rings. The van der Waals surface area contributed by atoms with Crippen molar-refractivity contribution in [1.29, 1.82) is 0 Å². The Labute approximate surface area is 207 Å². The number of carbonyl (C=O) groups is 4. The Morgan fingerprint density at radius 2 is 1.54 bits per heavy atom. The molecular weight excluding hydrogens is 448 g/mol. The summed E-state index contributed by atoms with van der Waals surface area (Å²) in [5, 5.41) is 5.52. The van der Waals surface area contributed by atoms with Crippen LogP contribution in [0.15, 0.2) is 30.3 Å². The molecule has 1 aromatic carbocycles. The fraction of sp³-hybridized carbons (Fsp3) is 0.615. The second-order valence-corrected chi connectivity index (χ2v) is 10.7. The fourth-order valence-electron chi connectivity index (χ4n) is 4.90. The summed E-state index contributed by atoms with van der Waals surface area (Å²) in [5.74, 6) is 0.113. The number of ether oxygens (including phenoxy) is 1. The highest BCUT2D eigenvalue weighted by Crippen LogP contribution is 2.32. The summed E-state index contributed by atoms with van der Waals surface area (Å²) in [6, 6.07) is 8.80. The van der Waals surface area contributed by atoms with Crippen molar-refractivity contribution in [2.45, 2.75) is 65.1 Å². The van der Waals surface area contributed by atoms with Crippen LogP contribution in [0.4, 0.5) is 4.79 Å². The van der Waals surface area contributed by atoms with Gasteiger partial charge in [-0.15, -0.1) is 0 Å². The van der Waals surface area contributed by atoms with Crippen molar-refractivity contribution >= 4 is 23.8 Å². The third-order valence-electron chi connectivity index (χ3n) is 6.41. The molecule has 0 saturated carbocycles. The van der Waals surface area contributed by atoms with Crippen molar-refractivity contribution in [1.82, 2.24) is 20.4 Å². The minimum atomic E-state index is -0.626. The number of nitrogens with one attached hydrogen (secondary N) is 2. The van der Waals surface area contributed by atoms with Gasteiger partial charge >= 0.3 is 6.09 Å². The molecule has 0 aromatic heterocycles. The molecule has 0 bridgehead atoms. The first kappa shape index (κ1) is 26.5. The van der Waals surface area contributed by atoms with E-state index >= 15 is 0 Å². The van der Waals surface area contributed by atoms with Crippen LogP contribution in [0, 0.1) is 11.8 Å². The quantitative estimate of drug-likeness (QED) is 0.613. The number of hydrogen-bond donors (Lipinski definition) is 2. The lowest BCUT2D eigenvalue weighted by atomic mass is 10.0. The number of hydrogen-bond acceptors (Lipinski definition) is 5. The molecule has 2 N–H and O–H groups in total. The highest BCUT2D eigenvalue weighted by atomic mass is 16.6. The molecule has 2 saturated heterocycles. The zero-order chi connectivity index (χ0) is 25.8. The van der Waals surface area contributed by atoms with E-state index < -0.39 is 23.8 Å². The summed E-state index contributed by atoms with van der Waals surface area (Å²) in [6.45, 7) is 10.8. The van der Waals surface area contributed by atoms with Gasteiger partial charge in [0.1, 0.15) is 11.6 Å². The molecule has 35 heavy (non-hydrogen) atoms. The molecule has 0 aliphatic carbocycles. The van der Waals surface area contributed by atoms with Crippen LogP contribution in [0.2, 0.25) is 0 Å². The predicted molar refractivity (Wildman–Crippen MR) is 131 cm³/mol. The monoisotopic (exact) mass is 486 g/mol. The maximum Gasteiger partial charge on any atom is 0.407 e. The molecule has 9 nitrogen and oxygen atoms in total. The molecule has 2 heterocycles. The Morgan fingerprint density at radius 3 is 2.09 bits per heavy atom. The number of rotatable bonds is 7. The largest absolute Gasteiger partial charge is 0.444 e. The lowest BCUT2D eigenvalue weighted by Crippen LogP contribution is -2.47. The summed E-state index contributed by atoms with van der Waals surface area (Å²) in [7, 11) is 0. The van der Waals surface area contributed by atoms with E-state index in [1.54, 1.807) is 32.6 Å². The van der Waals surface area contributed by atoms with Crippen LogP contribution in [-0.2, 0) is 25.5 Å². The molecule has 4 atom stereocenters. The first-order valence-corrected chi connectivity index (χ1v) is 12.3. The highest BCUT2D eigenvalue weighted by Gasteiger charge is 2.43. The zero-order valence-corrected chi connectivity index (χ0v) is 21.4. The average Bonchev–Trinajstić information content (AvgIpc) is 3.31. The van der Waals surface area contributed by atoms with Crippen molar-refractivity contribution < 1.29 is 23.9 Å². The first-order valence-electron chi connectivity index (χ1n) is 12.3. The van der Waals surface area contributed by atoms with E-state index in [1.165, 1.54) is 6.92 Å². The Morgan fingerprint density at radius 1 is 0.971 bits per heavy atom. The van der Waals surface area contributed by atoms with Crippen LogP contribution >= 0.6 is 0 Å². The standard InChI is InChI=1S/C26H38N4O5/c1-17(27-18(2)31)24(33)30-15-20-13-29(14-21(20)16-30)23(32)12-22(11-19-9-7-6-8-10-19)28-25(34)35-26(3,4)5/h6-10,17,20-22H,11-16H2,1-5H3,(H,27,31)(H,28,34)/t17?,20?,21?,22-/m1/s1. The molecule has 0 radical (unpaired) electrons. The van der Waals surface area contributed by atoms with Gasteiger partial charge in [-0.1, -0.05) is 30.3 Å². The summed E-state index contributed by atoms with van der Waals surface area (Å²) in [6.07, 6.45) is 0.165. The second kappa shape index (κ2) is 11.1. The molecule has 4 amide bonds. The molecule has 192 valence electrons. The molecule has 0 spiro atoms. The van der Waals surface area contributed by atoms with E-state index in [0.29, 0.717) is 32.6 Å². The molecular formula is C26H38N4O5. The number of nitrogens with zero attached hydrogens (tertiary/aromatic N) is 2. The molecule has 2 fully saturated rings. The lowest BCUT2D eigenvalue weighted by molar-refractivity contribution is -0.135. The number of fused-ring (bicyclic) bond motifs is 1. The van der Waals surface area contributed by atoms with Gasteiger partial charge in [0, 0.05) is 57.4 Å². The van der Waals surface area contributed by atoms with Crippen molar-refractivity contribution in [3.05, 3.63) is 35.9 Å². The molecule has 1 aromatic rings. The number of alkyl carbamates (subject to hydrolysis) is 1. The van der Waals surface area contributed by atoms with Crippen LogP contribution in [0.3, 0.4) is 0 Å². The van der Waals surface area contributed by atoms with Gasteiger partial charge in [0.25, 0.3) is 0 Å². The van der Waals surface area contributed by atoms with Crippen LogP contribution in [0.5, 0.6) is 0 Å². The van der Waals surface area contributed by atoms with Crippen LogP contribution < -0.4 is 10.6 Å². The predicted octanol–water partition coefficient (Wildman–Crippen LogP) is 1.95.